The lowest BCUT2D eigenvalue weighted by Gasteiger charge is -1.93. The Hall–Kier alpha value is -2.72. The molecule has 1 aromatic carbocycles. The van der Waals surface area contributed by atoms with E-state index in [2.05, 4.69) is 15.0 Å². The summed E-state index contributed by atoms with van der Waals surface area (Å²) >= 11 is 0. The van der Waals surface area contributed by atoms with Crippen LogP contribution in [0.5, 0.6) is 0 Å². The normalized spacial score (nSPS) is 10.7. The van der Waals surface area contributed by atoms with Crippen LogP contribution in [0.4, 0.5) is 0 Å². The van der Waals surface area contributed by atoms with Crippen molar-refractivity contribution in [3.05, 3.63) is 52.0 Å². The summed E-state index contributed by atoms with van der Waals surface area (Å²) in [7, 11) is 0. The predicted molar refractivity (Wildman–Crippen MR) is 68.3 cm³/mol. The van der Waals surface area contributed by atoms with Gasteiger partial charge in [0.05, 0.1) is 0 Å². The standard InChI is InChI=1S/C12H10N4O2/c13-16-14-5-1-2-8-3-4-10-9(6-8)7-11(15-10)12(17)18/h1-4,6-7,15H,5H2,(H,17,18). The van der Waals surface area contributed by atoms with Crippen LogP contribution in [0, 0.1) is 0 Å². The molecule has 90 valence electrons. The Morgan fingerprint density at radius 2 is 2.33 bits per heavy atom. The van der Waals surface area contributed by atoms with Crippen LogP contribution < -0.4 is 0 Å². The number of carbonyl (C=O) groups is 1. The highest BCUT2D eigenvalue weighted by Gasteiger charge is 2.06. The van der Waals surface area contributed by atoms with Crippen molar-refractivity contribution in [2.75, 3.05) is 6.54 Å². The van der Waals surface area contributed by atoms with Crippen molar-refractivity contribution in [3.63, 3.8) is 0 Å². The number of hydrogen-bond acceptors (Lipinski definition) is 2. The fraction of sp³-hybridized carbons (Fsp3) is 0.0833. The molecule has 0 saturated heterocycles. The van der Waals surface area contributed by atoms with Crippen LogP contribution in [-0.2, 0) is 0 Å². The summed E-state index contributed by atoms with van der Waals surface area (Å²) in [6, 6.07) is 7.12. The number of carboxylic acids is 1. The third-order valence-electron chi connectivity index (χ3n) is 2.44. The van der Waals surface area contributed by atoms with E-state index in [4.69, 9.17) is 10.6 Å². The molecule has 18 heavy (non-hydrogen) atoms. The number of aromatic carboxylic acids is 1. The van der Waals surface area contributed by atoms with Gasteiger partial charge in [-0.05, 0) is 29.3 Å². The smallest absolute Gasteiger partial charge is 0.352 e. The summed E-state index contributed by atoms with van der Waals surface area (Å²) in [4.78, 5) is 16.3. The zero-order valence-electron chi connectivity index (χ0n) is 9.37. The average Bonchev–Trinajstić information content (AvgIpc) is 2.78. The van der Waals surface area contributed by atoms with Crippen molar-refractivity contribution in [2.24, 2.45) is 5.11 Å². The lowest BCUT2D eigenvalue weighted by Crippen LogP contribution is -1.94. The molecular weight excluding hydrogens is 232 g/mol. The van der Waals surface area contributed by atoms with Gasteiger partial charge in [-0.15, -0.1) is 0 Å². The van der Waals surface area contributed by atoms with Crippen molar-refractivity contribution >= 4 is 22.9 Å². The van der Waals surface area contributed by atoms with Crippen LogP contribution in [0.15, 0.2) is 35.5 Å². The summed E-state index contributed by atoms with van der Waals surface area (Å²) in [6.07, 6.45) is 3.56. The van der Waals surface area contributed by atoms with Gasteiger partial charge in [0.25, 0.3) is 0 Å². The molecular formula is C12H10N4O2. The number of benzene rings is 1. The van der Waals surface area contributed by atoms with Gasteiger partial charge >= 0.3 is 5.97 Å². The second-order valence-corrected chi connectivity index (χ2v) is 3.65. The van der Waals surface area contributed by atoms with Crippen molar-refractivity contribution in [1.29, 1.82) is 0 Å². The van der Waals surface area contributed by atoms with Crippen molar-refractivity contribution in [3.8, 4) is 0 Å². The molecule has 0 aliphatic rings. The molecule has 0 saturated carbocycles. The zero-order valence-corrected chi connectivity index (χ0v) is 9.37. The number of aromatic amines is 1. The summed E-state index contributed by atoms with van der Waals surface area (Å²) in [6.45, 7) is 0.294. The lowest BCUT2D eigenvalue weighted by molar-refractivity contribution is 0.0691. The molecule has 0 spiro atoms. The minimum absolute atomic E-state index is 0.167. The third-order valence-corrected chi connectivity index (χ3v) is 2.44. The SMILES string of the molecule is [N-]=[N+]=NCC=Cc1ccc2[nH]c(C(=O)O)cc2c1. The number of nitrogens with one attached hydrogen (secondary N) is 1. The number of rotatable bonds is 4. The van der Waals surface area contributed by atoms with Gasteiger partial charge in [0.1, 0.15) is 5.69 Å². The molecule has 0 aliphatic heterocycles. The number of H-pyrrole nitrogens is 1. The second kappa shape index (κ2) is 5.07. The van der Waals surface area contributed by atoms with Crippen LogP contribution >= 0.6 is 0 Å². The topological polar surface area (TPSA) is 102 Å². The number of azide groups is 1. The first-order valence-electron chi connectivity index (χ1n) is 5.24. The van der Waals surface area contributed by atoms with E-state index in [-0.39, 0.29) is 5.69 Å². The molecule has 6 heteroatoms. The van der Waals surface area contributed by atoms with Crippen molar-refractivity contribution in [2.45, 2.75) is 0 Å². The Morgan fingerprint density at radius 1 is 1.50 bits per heavy atom. The monoisotopic (exact) mass is 242 g/mol. The number of nitrogens with zero attached hydrogens (tertiary/aromatic N) is 3. The molecule has 0 radical (unpaired) electrons. The fourth-order valence-electron chi connectivity index (χ4n) is 1.64. The van der Waals surface area contributed by atoms with Crippen LogP contribution in [0.3, 0.4) is 0 Å². The minimum Gasteiger partial charge on any atom is -0.477 e. The second-order valence-electron chi connectivity index (χ2n) is 3.65. The maximum absolute atomic E-state index is 10.8. The van der Waals surface area contributed by atoms with Gasteiger partial charge in [-0.25, -0.2) is 4.79 Å². The Balaban J connectivity index is 2.29. The molecule has 0 unspecified atom stereocenters. The minimum atomic E-state index is -0.980. The van der Waals surface area contributed by atoms with Gasteiger partial charge in [-0.2, -0.15) is 0 Å². The van der Waals surface area contributed by atoms with E-state index in [9.17, 15) is 4.79 Å². The zero-order chi connectivity index (χ0) is 13.0. The summed E-state index contributed by atoms with van der Waals surface area (Å²) < 4.78 is 0. The van der Waals surface area contributed by atoms with E-state index in [1.165, 1.54) is 0 Å². The molecule has 2 aromatic rings. The Bertz CT molecular complexity index is 666. The van der Waals surface area contributed by atoms with Gasteiger partial charge in [-0.3, -0.25) is 0 Å². The first-order valence-corrected chi connectivity index (χ1v) is 5.24. The van der Waals surface area contributed by atoms with Crippen molar-refractivity contribution < 1.29 is 9.90 Å². The van der Waals surface area contributed by atoms with Gasteiger partial charge in [-0.1, -0.05) is 23.3 Å². The Kier molecular flexibility index (Phi) is 3.31. The molecule has 0 fully saturated rings. The molecule has 1 heterocycles. The molecule has 0 bridgehead atoms. The van der Waals surface area contributed by atoms with E-state index >= 15 is 0 Å². The summed E-state index contributed by atoms with van der Waals surface area (Å²) in [5, 5.41) is 13.1. The van der Waals surface area contributed by atoms with E-state index in [1.807, 2.05) is 24.3 Å². The highest BCUT2D eigenvalue weighted by molar-refractivity contribution is 5.94. The third kappa shape index (κ3) is 2.50. The van der Waals surface area contributed by atoms with E-state index < -0.39 is 5.97 Å². The largest absolute Gasteiger partial charge is 0.477 e. The lowest BCUT2D eigenvalue weighted by atomic mass is 10.1. The number of aromatic nitrogens is 1. The Morgan fingerprint density at radius 3 is 3.06 bits per heavy atom. The van der Waals surface area contributed by atoms with Crippen LogP contribution in [-0.4, -0.2) is 22.6 Å². The van der Waals surface area contributed by atoms with Gasteiger partial charge < -0.3 is 10.1 Å². The van der Waals surface area contributed by atoms with E-state index in [0.29, 0.717) is 6.54 Å². The van der Waals surface area contributed by atoms with Crippen LogP contribution in [0.1, 0.15) is 16.1 Å². The molecule has 2 N–H and O–H groups in total. The number of hydrogen-bond donors (Lipinski definition) is 2. The summed E-state index contributed by atoms with van der Waals surface area (Å²) in [5.41, 5.74) is 9.99. The maximum Gasteiger partial charge on any atom is 0.352 e. The van der Waals surface area contributed by atoms with Gasteiger partial charge in [0.2, 0.25) is 0 Å². The molecule has 6 nitrogen and oxygen atoms in total. The number of fused-ring (bicyclic) bond motifs is 1. The molecule has 0 atom stereocenters. The van der Waals surface area contributed by atoms with Crippen molar-refractivity contribution in [1.82, 2.24) is 4.98 Å². The first kappa shape index (κ1) is 11.8. The predicted octanol–water partition coefficient (Wildman–Crippen LogP) is 3.19. The maximum atomic E-state index is 10.8. The van der Waals surface area contributed by atoms with Gasteiger partial charge in [0, 0.05) is 22.4 Å². The highest BCUT2D eigenvalue weighted by Crippen LogP contribution is 2.18. The fourth-order valence-corrected chi connectivity index (χ4v) is 1.64. The Labute approximate surface area is 102 Å². The first-order chi connectivity index (χ1) is 8.70. The van der Waals surface area contributed by atoms with Gasteiger partial charge in [0.15, 0.2) is 0 Å². The molecule has 0 aliphatic carbocycles. The molecule has 1 aromatic heterocycles. The number of carboxylic acid groups (broad SMARTS) is 1. The quantitative estimate of drug-likeness (QED) is 0.488. The summed E-state index contributed by atoms with van der Waals surface area (Å²) in [5.74, 6) is -0.980. The van der Waals surface area contributed by atoms with Crippen LogP contribution in [0.2, 0.25) is 0 Å². The van der Waals surface area contributed by atoms with E-state index in [0.717, 1.165) is 16.5 Å². The average molecular weight is 242 g/mol. The van der Waals surface area contributed by atoms with E-state index in [1.54, 1.807) is 12.1 Å². The highest BCUT2D eigenvalue weighted by atomic mass is 16.4. The molecule has 0 amide bonds. The molecule has 2 rings (SSSR count). The van der Waals surface area contributed by atoms with Crippen LogP contribution in [0.25, 0.3) is 27.4 Å².